The first-order chi connectivity index (χ1) is 12.1. The van der Waals surface area contributed by atoms with E-state index in [1.54, 1.807) is 4.57 Å². The number of nitrogens with one attached hydrogen (secondary N) is 1. The number of pyridine rings is 1. The Labute approximate surface area is 148 Å². The van der Waals surface area contributed by atoms with E-state index in [0.29, 0.717) is 6.54 Å². The van der Waals surface area contributed by atoms with Gasteiger partial charge in [-0.1, -0.05) is 13.8 Å². The molecule has 0 bridgehead atoms. The second-order valence-corrected chi connectivity index (χ2v) is 7.05. The standard InChI is InChI=1S/C19H29N3O3/c1-3-21(4-2)12-11-20-18(24)16-17(23)14-7-5-6-8-15(14)22(19(16)25)13-9-10-13/h13,23H,3-12H2,1-2H3,(H,20,24). The molecule has 6 nitrogen and oxygen atoms in total. The van der Waals surface area contributed by atoms with Crippen LogP contribution in [0.15, 0.2) is 4.79 Å². The number of hydrogen-bond donors (Lipinski definition) is 2. The van der Waals surface area contributed by atoms with Gasteiger partial charge in [0.15, 0.2) is 0 Å². The van der Waals surface area contributed by atoms with E-state index < -0.39 is 5.91 Å². The summed E-state index contributed by atoms with van der Waals surface area (Å²) < 4.78 is 1.80. The third-order valence-corrected chi connectivity index (χ3v) is 5.43. The lowest BCUT2D eigenvalue weighted by molar-refractivity contribution is 0.0943. The lowest BCUT2D eigenvalue weighted by Gasteiger charge is -2.24. The minimum atomic E-state index is -0.447. The number of carbonyl (C=O) groups excluding carboxylic acids is 1. The van der Waals surface area contributed by atoms with Crippen molar-refractivity contribution in [2.75, 3.05) is 26.2 Å². The number of hydrogen-bond acceptors (Lipinski definition) is 4. The number of aromatic hydroxyl groups is 1. The van der Waals surface area contributed by atoms with E-state index in [4.69, 9.17) is 0 Å². The minimum absolute atomic E-state index is 0.0629. The van der Waals surface area contributed by atoms with E-state index >= 15 is 0 Å². The van der Waals surface area contributed by atoms with Crippen LogP contribution in [0.2, 0.25) is 0 Å². The number of fused-ring (bicyclic) bond motifs is 1. The lowest BCUT2D eigenvalue weighted by atomic mass is 9.93. The molecular formula is C19H29N3O3. The van der Waals surface area contributed by atoms with Crippen molar-refractivity contribution in [1.29, 1.82) is 0 Å². The summed E-state index contributed by atoms with van der Waals surface area (Å²) in [7, 11) is 0. The highest BCUT2D eigenvalue weighted by atomic mass is 16.3. The van der Waals surface area contributed by atoms with E-state index in [1.807, 2.05) is 0 Å². The molecule has 0 aliphatic heterocycles. The number of amides is 1. The molecule has 3 rings (SSSR count). The molecule has 0 saturated heterocycles. The van der Waals surface area contributed by atoms with E-state index in [-0.39, 0.29) is 22.9 Å². The Bertz CT molecular complexity index is 703. The van der Waals surface area contributed by atoms with E-state index in [2.05, 4.69) is 24.1 Å². The van der Waals surface area contributed by atoms with Gasteiger partial charge in [0.1, 0.15) is 11.3 Å². The number of likely N-dealkylation sites (N-methyl/N-ethyl adjacent to an activating group) is 1. The van der Waals surface area contributed by atoms with Crippen LogP contribution in [-0.4, -0.2) is 46.7 Å². The van der Waals surface area contributed by atoms with Crippen molar-refractivity contribution >= 4 is 5.91 Å². The van der Waals surface area contributed by atoms with Gasteiger partial charge in [-0.25, -0.2) is 0 Å². The maximum absolute atomic E-state index is 12.9. The average Bonchev–Trinajstić information content (AvgIpc) is 3.44. The quantitative estimate of drug-likeness (QED) is 0.789. The van der Waals surface area contributed by atoms with E-state index in [1.165, 1.54) is 0 Å². The molecule has 6 heteroatoms. The third kappa shape index (κ3) is 3.59. The molecule has 0 spiro atoms. The minimum Gasteiger partial charge on any atom is -0.507 e. The lowest BCUT2D eigenvalue weighted by Crippen LogP contribution is -2.39. The average molecular weight is 347 g/mol. The topological polar surface area (TPSA) is 74.6 Å². The third-order valence-electron chi connectivity index (χ3n) is 5.43. The summed E-state index contributed by atoms with van der Waals surface area (Å²) in [5.41, 5.74) is 1.38. The van der Waals surface area contributed by atoms with Crippen LogP contribution in [-0.2, 0) is 12.8 Å². The van der Waals surface area contributed by atoms with E-state index in [0.717, 1.165) is 69.4 Å². The van der Waals surface area contributed by atoms with Gasteiger partial charge < -0.3 is 19.9 Å². The van der Waals surface area contributed by atoms with Crippen molar-refractivity contribution in [2.24, 2.45) is 0 Å². The fourth-order valence-electron chi connectivity index (χ4n) is 3.78. The molecule has 1 fully saturated rings. The first-order valence-electron chi connectivity index (χ1n) is 9.58. The van der Waals surface area contributed by atoms with Crippen LogP contribution in [0.5, 0.6) is 5.75 Å². The number of carbonyl (C=O) groups is 1. The maximum atomic E-state index is 12.9. The van der Waals surface area contributed by atoms with Gasteiger partial charge in [0, 0.05) is 30.4 Å². The Kier molecular flexibility index (Phi) is 5.47. The predicted octanol–water partition coefficient (Wildman–Crippen LogP) is 1.84. The second kappa shape index (κ2) is 7.60. The highest BCUT2D eigenvalue weighted by Gasteiger charge is 2.33. The monoisotopic (exact) mass is 347 g/mol. The summed E-state index contributed by atoms with van der Waals surface area (Å²) in [4.78, 5) is 27.8. The second-order valence-electron chi connectivity index (χ2n) is 7.05. The van der Waals surface area contributed by atoms with Crippen LogP contribution in [0, 0.1) is 0 Å². The van der Waals surface area contributed by atoms with Crippen LogP contribution < -0.4 is 10.9 Å². The van der Waals surface area contributed by atoms with Crippen LogP contribution in [0.4, 0.5) is 0 Å². The van der Waals surface area contributed by atoms with Crippen molar-refractivity contribution in [3.05, 3.63) is 27.2 Å². The molecule has 1 aromatic rings. The molecule has 0 aromatic carbocycles. The first-order valence-corrected chi connectivity index (χ1v) is 9.58. The summed E-state index contributed by atoms with van der Waals surface area (Å²) >= 11 is 0. The van der Waals surface area contributed by atoms with Gasteiger partial charge in [0.05, 0.1) is 0 Å². The highest BCUT2D eigenvalue weighted by molar-refractivity contribution is 5.97. The van der Waals surface area contributed by atoms with Gasteiger partial charge >= 0.3 is 0 Å². The van der Waals surface area contributed by atoms with Gasteiger partial charge in [-0.3, -0.25) is 9.59 Å². The summed E-state index contributed by atoms with van der Waals surface area (Å²) in [6, 6.07) is 0.210. The largest absolute Gasteiger partial charge is 0.507 e. The molecule has 1 aromatic heterocycles. The zero-order valence-corrected chi connectivity index (χ0v) is 15.3. The molecule has 1 amide bonds. The molecule has 2 aliphatic rings. The summed E-state index contributed by atoms with van der Waals surface area (Å²) in [5, 5.41) is 13.4. The van der Waals surface area contributed by atoms with Crippen molar-refractivity contribution in [1.82, 2.24) is 14.8 Å². The van der Waals surface area contributed by atoms with Crippen LogP contribution in [0.3, 0.4) is 0 Å². The zero-order valence-electron chi connectivity index (χ0n) is 15.3. The van der Waals surface area contributed by atoms with Crippen LogP contribution in [0.25, 0.3) is 0 Å². The molecule has 138 valence electrons. The summed E-state index contributed by atoms with van der Waals surface area (Å²) in [5.74, 6) is -0.533. The van der Waals surface area contributed by atoms with Gasteiger partial charge in [0.2, 0.25) is 0 Å². The predicted molar refractivity (Wildman–Crippen MR) is 97.4 cm³/mol. The van der Waals surface area contributed by atoms with Crippen molar-refractivity contribution in [2.45, 2.75) is 58.4 Å². The van der Waals surface area contributed by atoms with Crippen molar-refractivity contribution < 1.29 is 9.90 Å². The summed E-state index contributed by atoms with van der Waals surface area (Å²) in [6.45, 7) is 7.21. The smallest absolute Gasteiger partial charge is 0.267 e. The van der Waals surface area contributed by atoms with Gasteiger partial charge in [-0.05, 0) is 51.6 Å². The molecule has 0 atom stereocenters. The fourth-order valence-corrected chi connectivity index (χ4v) is 3.78. The Morgan fingerprint density at radius 3 is 2.56 bits per heavy atom. The molecule has 2 N–H and O–H groups in total. The molecule has 0 unspecified atom stereocenters. The molecular weight excluding hydrogens is 318 g/mol. The van der Waals surface area contributed by atoms with Crippen LogP contribution in [0.1, 0.15) is 67.2 Å². The number of aromatic nitrogens is 1. The highest BCUT2D eigenvalue weighted by Crippen LogP contribution is 2.39. The first kappa shape index (κ1) is 18.0. The fraction of sp³-hybridized carbons (Fsp3) is 0.684. The number of rotatable bonds is 7. The SMILES string of the molecule is CCN(CC)CCNC(=O)c1c(O)c2c(n(C3CC3)c1=O)CCCC2. The van der Waals surface area contributed by atoms with Crippen LogP contribution >= 0.6 is 0 Å². The molecule has 1 saturated carbocycles. The van der Waals surface area contributed by atoms with Gasteiger partial charge in [-0.2, -0.15) is 0 Å². The Hall–Kier alpha value is -1.82. The van der Waals surface area contributed by atoms with E-state index in [9.17, 15) is 14.7 Å². The van der Waals surface area contributed by atoms with Gasteiger partial charge in [0.25, 0.3) is 11.5 Å². The number of nitrogens with zero attached hydrogens (tertiary/aromatic N) is 2. The maximum Gasteiger partial charge on any atom is 0.267 e. The summed E-state index contributed by atoms with van der Waals surface area (Å²) in [6.07, 6.45) is 5.56. The molecule has 2 aliphatic carbocycles. The Morgan fingerprint density at radius 1 is 1.24 bits per heavy atom. The van der Waals surface area contributed by atoms with Gasteiger partial charge in [-0.15, -0.1) is 0 Å². The zero-order chi connectivity index (χ0) is 18.0. The normalized spacial score (nSPS) is 16.8. The Morgan fingerprint density at radius 2 is 1.92 bits per heavy atom. The van der Waals surface area contributed by atoms with Crippen molar-refractivity contribution in [3.63, 3.8) is 0 Å². The molecule has 1 heterocycles. The molecule has 25 heavy (non-hydrogen) atoms. The van der Waals surface area contributed by atoms with Crippen molar-refractivity contribution in [3.8, 4) is 5.75 Å². The Balaban J connectivity index is 1.87. The molecule has 0 radical (unpaired) electrons.